The van der Waals surface area contributed by atoms with Crippen LogP contribution in [0.5, 0.6) is 5.75 Å². The summed E-state index contributed by atoms with van der Waals surface area (Å²) in [5.74, 6) is 0.629. The molecule has 0 spiro atoms. The van der Waals surface area contributed by atoms with Gasteiger partial charge in [-0.3, -0.25) is 4.79 Å². The molecular weight excluding hydrogens is 310 g/mol. The van der Waals surface area contributed by atoms with Crippen molar-refractivity contribution in [2.45, 2.75) is 37.8 Å². The molecule has 2 atom stereocenters. The highest BCUT2D eigenvalue weighted by Crippen LogP contribution is 2.19. The van der Waals surface area contributed by atoms with E-state index in [4.69, 9.17) is 9.47 Å². The van der Waals surface area contributed by atoms with Gasteiger partial charge in [0, 0.05) is 18.7 Å². The standard InChI is InChI=1S/C17H23N3O4/c21-16-15(3-1-2-9-18-16)20-17(22)19-12-4-6-13(7-5-12)24-14-8-10-23-11-14/h4-7,14-15H,1-3,8-11H2,(H,18,21)(H2,19,20,22)/t14-,15+/m1/s1. The minimum atomic E-state index is -0.475. The number of nitrogens with one attached hydrogen (secondary N) is 3. The number of carbonyl (C=O) groups excluding carboxylic acids is 2. The van der Waals surface area contributed by atoms with E-state index in [0.29, 0.717) is 25.3 Å². The van der Waals surface area contributed by atoms with Crippen LogP contribution in [0, 0.1) is 0 Å². The largest absolute Gasteiger partial charge is 0.488 e. The zero-order chi connectivity index (χ0) is 16.8. The summed E-state index contributed by atoms with van der Waals surface area (Å²) in [7, 11) is 0. The third-order valence-corrected chi connectivity index (χ3v) is 4.14. The molecule has 0 bridgehead atoms. The fourth-order valence-corrected chi connectivity index (χ4v) is 2.82. The first-order chi connectivity index (χ1) is 11.7. The summed E-state index contributed by atoms with van der Waals surface area (Å²) >= 11 is 0. The highest BCUT2D eigenvalue weighted by molar-refractivity contribution is 5.93. The molecule has 0 saturated carbocycles. The van der Waals surface area contributed by atoms with Crippen LogP contribution in [0.15, 0.2) is 24.3 Å². The van der Waals surface area contributed by atoms with Gasteiger partial charge in [-0.05, 0) is 43.5 Å². The van der Waals surface area contributed by atoms with E-state index in [-0.39, 0.29) is 18.0 Å². The third kappa shape index (κ3) is 4.61. The normalized spacial score (nSPS) is 23.9. The third-order valence-electron chi connectivity index (χ3n) is 4.14. The molecule has 1 aromatic carbocycles. The van der Waals surface area contributed by atoms with Gasteiger partial charge in [0.2, 0.25) is 5.91 Å². The van der Waals surface area contributed by atoms with E-state index < -0.39 is 6.04 Å². The summed E-state index contributed by atoms with van der Waals surface area (Å²) in [4.78, 5) is 23.9. The SMILES string of the molecule is O=C(Nc1ccc(O[C@@H]2CCOC2)cc1)N[C@H]1CCCCNC1=O. The van der Waals surface area contributed by atoms with Gasteiger partial charge in [0.1, 0.15) is 17.9 Å². The summed E-state index contributed by atoms with van der Waals surface area (Å²) < 4.78 is 11.1. The number of rotatable bonds is 4. The molecule has 7 nitrogen and oxygen atoms in total. The first-order valence-electron chi connectivity index (χ1n) is 8.40. The van der Waals surface area contributed by atoms with Crippen LogP contribution in [0.4, 0.5) is 10.5 Å². The molecule has 130 valence electrons. The molecule has 2 aliphatic heterocycles. The Morgan fingerprint density at radius 3 is 2.79 bits per heavy atom. The van der Waals surface area contributed by atoms with E-state index in [1.54, 1.807) is 12.1 Å². The molecule has 2 aliphatic rings. The average Bonchev–Trinajstić information content (AvgIpc) is 3.00. The first kappa shape index (κ1) is 16.6. The predicted molar refractivity (Wildman–Crippen MR) is 89.1 cm³/mol. The Morgan fingerprint density at radius 2 is 2.04 bits per heavy atom. The van der Waals surface area contributed by atoms with E-state index in [1.165, 1.54) is 0 Å². The number of anilines is 1. The number of urea groups is 1. The van der Waals surface area contributed by atoms with Crippen LogP contribution < -0.4 is 20.7 Å². The number of benzene rings is 1. The zero-order valence-corrected chi connectivity index (χ0v) is 13.5. The highest BCUT2D eigenvalue weighted by Gasteiger charge is 2.22. The number of hydrogen-bond donors (Lipinski definition) is 3. The van der Waals surface area contributed by atoms with E-state index in [1.807, 2.05) is 12.1 Å². The molecule has 0 radical (unpaired) electrons. The van der Waals surface area contributed by atoms with Gasteiger partial charge in [0.15, 0.2) is 0 Å². The average molecular weight is 333 g/mol. The summed E-state index contributed by atoms with van der Waals surface area (Å²) in [5, 5.41) is 8.26. The number of hydrogen-bond acceptors (Lipinski definition) is 4. The molecule has 7 heteroatoms. The summed E-state index contributed by atoms with van der Waals surface area (Å²) in [6.07, 6.45) is 3.52. The van der Waals surface area contributed by atoms with Gasteiger partial charge in [-0.25, -0.2) is 4.79 Å². The molecule has 0 aromatic heterocycles. The Kier molecular flexibility index (Phi) is 5.53. The Labute approximate surface area is 141 Å². The lowest BCUT2D eigenvalue weighted by molar-refractivity contribution is -0.122. The second-order valence-electron chi connectivity index (χ2n) is 6.07. The van der Waals surface area contributed by atoms with Crippen molar-refractivity contribution in [3.63, 3.8) is 0 Å². The van der Waals surface area contributed by atoms with E-state index >= 15 is 0 Å². The van der Waals surface area contributed by atoms with Gasteiger partial charge in [0.05, 0.1) is 13.2 Å². The minimum absolute atomic E-state index is 0.0980. The highest BCUT2D eigenvalue weighted by atomic mass is 16.5. The molecule has 2 saturated heterocycles. The van der Waals surface area contributed by atoms with Gasteiger partial charge in [-0.1, -0.05) is 0 Å². The summed E-state index contributed by atoms with van der Waals surface area (Å²) in [5.41, 5.74) is 0.650. The van der Waals surface area contributed by atoms with Gasteiger partial charge >= 0.3 is 6.03 Å². The topological polar surface area (TPSA) is 88.7 Å². The first-order valence-corrected chi connectivity index (χ1v) is 8.40. The molecule has 3 N–H and O–H groups in total. The van der Waals surface area contributed by atoms with Crippen molar-refractivity contribution in [3.8, 4) is 5.75 Å². The van der Waals surface area contributed by atoms with Crippen LogP contribution >= 0.6 is 0 Å². The van der Waals surface area contributed by atoms with Crippen molar-refractivity contribution in [1.29, 1.82) is 0 Å². The number of amides is 3. The van der Waals surface area contributed by atoms with Crippen molar-refractivity contribution in [2.24, 2.45) is 0 Å². The molecule has 2 fully saturated rings. The Bertz CT molecular complexity index is 570. The van der Waals surface area contributed by atoms with Crippen LogP contribution in [0.25, 0.3) is 0 Å². The van der Waals surface area contributed by atoms with Crippen molar-refractivity contribution in [3.05, 3.63) is 24.3 Å². The molecule has 3 rings (SSSR count). The van der Waals surface area contributed by atoms with Gasteiger partial charge in [-0.2, -0.15) is 0 Å². The number of ether oxygens (including phenoxy) is 2. The molecular formula is C17H23N3O4. The minimum Gasteiger partial charge on any atom is -0.488 e. The van der Waals surface area contributed by atoms with Crippen LogP contribution in [0.3, 0.4) is 0 Å². The zero-order valence-electron chi connectivity index (χ0n) is 13.5. The van der Waals surface area contributed by atoms with Crippen molar-refractivity contribution in [1.82, 2.24) is 10.6 Å². The second-order valence-corrected chi connectivity index (χ2v) is 6.07. The quantitative estimate of drug-likeness (QED) is 0.781. The fraction of sp³-hybridized carbons (Fsp3) is 0.529. The number of carbonyl (C=O) groups is 2. The molecule has 2 heterocycles. The van der Waals surface area contributed by atoms with Crippen molar-refractivity contribution >= 4 is 17.6 Å². The van der Waals surface area contributed by atoms with E-state index in [9.17, 15) is 9.59 Å². The van der Waals surface area contributed by atoms with Gasteiger partial charge in [-0.15, -0.1) is 0 Å². The Morgan fingerprint density at radius 1 is 1.21 bits per heavy atom. The van der Waals surface area contributed by atoms with Crippen LogP contribution in [-0.2, 0) is 9.53 Å². The van der Waals surface area contributed by atoms with Crippen LogP contribution in [0.2, 0.25) is 0 Å². The Balaban J connectivity index is 1.49. The van der Waals surface area contributed by atoms with Crippen LogP contribution in [0.1, 0.15) is 25.7 Å². The predicted octanol–water partition coefficient (Wildman–Crippen LogP) is 1.64. The molecule has 24 heavy (non-hydrogen) atoms. The van der Waals surface area contributed by atoms with Gasteiger partial charge in [0.25, 0.3) is 0 Å². The fourth-order valence-electron chi connectivity index (χ4n) is 2.82. The Hall–Kier alpha value is -2.28. The van der Waals surface area contributed by atoms with Crippen LogP contribution in [-0.4, -0.2) is 43.8 Å². The smallest absolute Gasteiger partial charge is 0.319 e. The monoisotopic (exact) mass is 333 g/mol. The lowest BCUT2D eigenvalue weighted by Crippen LogP contribution is -2.46. The molecule has 3 amide bonds. The molecule has 0 unspecified atom stereocenters. The van der Waals surface area contributed by atoms with E-state index in [2.05, 4.69) is 16.0 Å². The second kappa shape index (κ2) is 8.01. The maximum Gasteiger partial charge on any atom is 0.319 e. The van der Waals surface area contributed by atoms with Gasteiger partial charge < -0.3 is 25.4 Å². The molecule has 0 aliphatic carbocycles. The molecule has 1 aromatic rings. The lowest BCUT2D eigenvalue weighted by Gasteiger charge is -2.16. The maximum absolute atomic E-state index is 12.1. The van der Waals surface area contributed by atoms with Crippen molar-refractivity contribution < 1.29 is 19.1 Å². The van der Waals surface area contributed by atoms with Crippen molar-refractivity contribution in [2.75, 3.05) is 25.1 Å². The van der Waals surface area contributed by atoms with E-state index in [0.717, 1.165) is 31.6 Å². The summed E-state index contributed by atoms with van der Waals surface area (Å²) in [6.45, 7) is 2.03. The maximum atomic E-state index is 12.1. The lowest BCUT2D eigenvalue weighted by atomic mass is 10.1. The summed E-state index contributed by atoms with van der Waals surface area (Å²) in [6, 6.07) is 6.32.